The standard InChI is InChI=1S/C16H23FN2O/c1-15(2)14-11(8-9-20-14)16(15,18)10-19(3)13-7-5-4-6-12(13)17/h4-7,11,14H,8-10,18H2,1-3H3. The highest BCUT2D eigenvalue weighted by Crippen LogP contribution is 2.58. The minimum Gasteiger partial charge on any atom is -0.377 e. The van der Waals surface area contributed by atoms with Crippen LogP contribution in [0.25, 0.3) is 0 Å². The van der Waals surface area contributed by atoms with Crippen molar-refractivity contribution in [3.05, 3.63) is 30.1 Å². The fourth-order valence-corrected chi connectivity index (χ4v) is 4.03. The highest BCUT2D eigenvalue weighted by molar-refractivity contribution is 5.48. The van der Waals surface area contributed by atoms with Crippen molar-refractivity contribution in [2.24, 2.45) is 17.1 Å². The molecular formula is C16H23FN2O. The Hall–Kier alpha value is -1.13. The van der Waals surface area contributed by atoms with E-state index in [9.17, 15) is 4.39 Å². The number of halogens is 1. The molecule has 0 bridgehead atoms. The number of likely N-dealkylation sites (N-methyl/N-ethyl adjacent to an activating group) is 1. The van der Waals surface area contributed by atoms with Crippen molar-refractivity contribution in [1.82, 2.24) is 0 Å². The van der Waals surface area contributed by atoms with Gasteiger partial charge in [-0.25, -0.2) is 4.39 Å². The van der Waals surface area contributed by atoms with Crippen LogP contribution in [0.15, 0.2) is 24.3 Å². The zero-order chi connectivity index (χ0) is 14.5. The van der Waals surface area contributed by atoms with Gasteiger partial charge in [-0.1, -0.05) is 26.0 Å². The number of nitrogens with zero attached hydrogens (tertiary/aromatic N) is 1. The van der Waals surface area contributed by atoms with Crippen molar-refractivity contribution in [1.29, 1.82) is 0 Å². The Bertz CT molecular complexity index is 519. The summed E-state index contributed by atoms with van der Waals surface area (Å²) in [6.07, 6.45) is 1.26. The number of hydrogen-bond acceptors (Lipinski definition) is 3. The predicted molar refractivity (Wildman–Crippen MR) is 78.2 cm³/mol. The van der Waals surface area contributed by atoms with Gasteiger partial charge in [-0.3, -0.25) is 0 Å². The lowest BCUT2D eigenvalue weighted by molar-refractivity contribution is -0.150. The molecule has 110 valence electrons. The second-order valence-electron chi connectivity index (χ2n) is 6.76. The van der Waals surface area contributed by atoms with Gasteiger partial charge in [0.1, 0.15) is 5.82 Å². The van der Waals surface area contributed by atoms with Crippen molar-refractivity contribution < 1.29 is 9.13 Å². The summed E-state index contributed by atoms with van der Waals surface area (Å²) in [5, 5.41) is 0. The quantitative estimate of drug-likeness (QED) is 0.922. The molecule has 0 radical (unpaired) electrons. The maximum absolute atomic E-state index is 13.9. The smallest absolute Gasteiger partial charge is 0.146 e. The van der Waals surface area contributed by atoms with E-state index in [1.54, 1.807) is 12.1 Å². The van der Waals surface area contributed by atoms with Gasteiger partial charge < -0.3 is 15.4 Å². The maximum Gasteiger partial charge on any atom is 0.146 e. The van der Waals surface area contributed by atoms with Gasteiger partial charge in [0, 0.05) is 37.1 Å². The van der Waals surface area contributed by atoms with Crippen LogP contribution < -0.4 is 10.6 Å². The molecule has 0 aromatic heterocycles. The fraction of sp³-hybridized carbons (Fsp3) is 0.625. The first-order chi connectivity index (χ1) is 9.38. The third-order valence-corrected chi connectivity index (χ3v) is 5.43. The SMILES string of the molecule is CN(CC1(N)C2CCOC2C1(C)C)c1ccccc1F. The monoisotopic (exact) mass is 278 g/mol. The number of ether oxygens (including phenoxy) is 1. The molecule has 1 aromatic rings. The van der Waals surface area contributed by atoms with Crippen LogP contribution in [0, 0.1) is 17.2 Å². The summed E-state index contributed by atoms with van der Waals surface area (Å²) in [7, 11) is 1.91. The van der Waals surface area contributed by atoms with E-state index < -0.39 is 0 Å². The lowest BCUT2D eigenvalue weighted by atomic mass is 9.48. The molecule has 20 heavy (non-hydrogen) atoms. The third-order valence-electron chi connectivity index (χ3n) is 5.43. The van der Waals surface area contributed by atoms with Gasteiger partial charge in [0.05, 0.1) is 11.8 Å². The van der Waals surface area contributed by atoms with Crippen molar-refractivity contribution in [2.45, 2.75) is 31.9 Å². The van der Waals surface area contributed by atoms with Crippen LogP contribution in [0.1, 0.15) is 20.3 Å². The summed E-state index contributed by atoms with van der Waals surface area (Å²) >= 11 is 0. The number of fused-ring (bicyclic) bond motifs is 1. The van der Waals surface area contributed by atoms with Crippen molar-refractivity contribution in [2.75, 3.05) is 25.1 Å². The lowest BCUT2D eigenvalue weighted by Gasteiger charge is -2.63. The zero-order valence-corrected chi connectivity index (χ0v) is 12.4. The molecule has 3 nitrogen and oxygen atoms in total. The van der Waals surface area contributed by atoms with Crippen LogP contribution >= 0.6 is 0 Å². The molecule has 2 fully saturated rings. The normalized spacial score (nSPS) is 34.5. The minimum absolute atomic E-state index is 0.0757. The Morgan fingerprint density at radius 1 is 1.40 bits per heavy atom. The molecule has 0 spiro atoms. The number of anilines is 1. The van der Waals surface area contributed by atoms with Crippen LogP contribution in [-0.4, -0.2) is 31.8 Å². The zero-order valence-electron chi connectivity index (χ0n) is 12.4. The van der Waals surface area contributed by atoms with Crippen LogP contribution in [0.5, 0.6) is 0 Å². The summed E-state index contributed by atoms with van der Waals surface area (Å²) < 4.78 is 19.7. The van der Waals surface area contributed by atoms with Crippen LogP contribution in [0.4, 0.5) is 10.1 Å². The number of nitrogens with two attached hydrogens (primary N) is 1. The van der Waals surface area contributed by atoms with E-state index in [2.05, 4.69) is 13.8 Å². The molecule has 2 N–H and O–H groups in total. The Morgan fingerprint density at radius 2 is 2.10 bits per heavy atom. The highest BCUT2D eigenvalue weighted by Gasteiger charge is 2.67. The summed E-state index contributed by atoms with van der Waals surface area (Å²) in [5.74, 6) is 0.182. The average Bonchev–Trinajstić information content (AvgIpc) is 2.87. The van der Waals surface area contributed by atoms with E-state index in [-0.39, 0.29) is 22.9 Å². The van der Waals surface area contributed by atoms with Gasteiger partial charge in [0.15, 0.2) is 0 Å². The van der Waals surface area contributed by atoms with E-state index in [4.69, 9.17) is 10.5 Å². The van der Waals surface area contributed by atoms with Gasteiger partial charge in [0.2, 0.25) is 0 Å². The summed E-state index contributed by atoms with van der Waals surface area (Å²) in [4.78, 5) is 1.94. The Kier molecular flexibility index (Phi) is 3.07. The van der Waals surface area contributed by atoms with Crippen molar-refractivity contribution in [3.63, 3.8) is 0 Å². The molecule has 2 aliphatic rings. The van der Waals surface area contributed by atoms with Crippen LogP contribution in [0.2, 0.25) is 0 Å². The van der Waals surface area contributed by atoms with E-state index in [0.29, 0.717) is 18.2 Å². The number of para-hydroxylation sites is 1. The molecule has 0 amide bonds. The number of hydrogen-bond donors (Lipinski definition) is 1. The molecule has 3 atom stereocenters. The first-order valence-electron chi connectivity index (χ1n) is 7.24. The largest absolute Gasteiger partial charge is 0.377 e. The van der Waals surface area contributed by atoms with E-state index in [0.717, 1.165) is 13.0 Å². The predicted octanol–water partition coefficient (Wildman–Crippen LogP) is 2.40. The van der Waals surface area contributed by atoms with Crippen LogP contribution in [0.3, 0.4) is 0 Å². The lowest BCUT2D eigenvalue weighted by Crippen LogP contribution is -2.78. The number of rotatable bonds is 3. The highest BCUT2D eigenvalue weighted by atomic mass is 19.1. The summed E-state index contributed by atoms with van der Waals surface area (Å²) in [6.45, 7) is 5.76. The fourth-order valence-electron chi connectivity index (χ4n) is 4.03. The molecule has 1 aromatic carbocycles. The third kappa shape index (κ3) is 1.71. The summed E-state index contributed by atoms with van der Waals surface area (Å²) in [5.41, 5.74) is 6.91. The first-order valence-corrected chi connectivity index (χ1v) is 7.24. The number of benzene rings is 1. The average molecular weight is 278 g/mol. The molecule has 1 saturated carbocycles. The van der Waals surface area contributed by atoms with Gasteiger partial charge in [-0.05, 0) is 18.6 Å². The topological polar surface area (TPSA) is 38.5 Å². The van der Waals surface area contributed by atoms with Crippen LogP contribution in [-0.2, 0) is 4.74 Å². The maximum atomic E-state index is 13.9. The molecule has 1 saturated heterocycles. The van der Waals surface area contributed by atoms with Gasteiger partial charge in [0.25, 0.3) is 0 Å². The molecule has 3 unspecified atom stereocenters. The molecule has 1 aliphatic heterocycles. The Balaban J connectivity index is 1.82. The van der Waals surface area contributed by atoms with Gasteiger partial charge >= 0.3 is 0 Å². The Morgan fingerprint density at radius 3 is 2.80 bits per heavy atom. The van der Waals surface area contributed by atoms with E-state index >= 15 is 0 Å². The van der Waals surface area contributed by atoms with Crippen molar-refractivity contribution >= 4 is 5.69 Å². The second-order valence-corrected chi connectivity index (χ2v) is 6.76. The molecule has 1 aliphatic carbocycles. The van der Waals surface area contributed by atoms with Gasteiger partial charge in [-0.2, -0.15) is 0 Å². The summed E-state index contributed by atoms with van der Waals surface area (Å²) in [6, 6.07) is 6.85. The molecular weight excluding hydrogens is 255 g/mol. The Labute approximate surface area is 119 Å². The molecule has 4 heteroatoms. The molecule has 3 rings (SSSR count). The molecule has 1 heterocycles. The van der Waals surface area contributed by atoms with E-state index in [1.165, 1.54) is 6.07 Å². The first kappa shape index (κ1) is 13.8. The van der Waals surface area contributed by atoms with Gasteiger partial charge in [-0.15, -0.1) is 0 Å². The van der Waals surface area contributed by atoms with Crippen molar-refractivity contribution in [3.8, 4) is 0 Å². The minimum atomic E-state index is -0.328. The second kappa shape index (κ2) is 4.43. The van der Waals surface area contributed by atoms with E-state index in [1.807, 2.05) is 18.0 Å².